The van der Waals surface area contributed by atoms with Crippen LogP contribution >= 0.6 is 0 Å². The van der Waals surface area contributed by atoms with Crippen LogP contribution in [0.5, 0.6) is 11.5 Å². The number of nitrogens with zero attached hydrogens (tertiary/aromatic N) is 1. The summed E-state index contributed by atoms with van der Waals surface area (Å²) in [6.45, 7) is 6.12. The molecule has 6 heteroatoms. The summed E-state index contributed by atoms with van der Waals surface area (Å²) >= 11 is 0. The lowest BCUT2D eigenvalue weighted by Gasteiger charge is -2.11. The van der Waals surface area contributed by atoms with Crippen molar-refractivity contribution >= 4 is 22.8 Å². The summed E-state index contributed by atoms with van der Waals surface area (Å²) in [6.07, 6.45) is 4.26. The van der Waals surface area contributed by atoms with E-state index in [-0.39, 0.29) is 18.1 Å². The molecule has 6 nitrogen and oxygen atoms in total. The number of esters is 2. The summed E-state index contributed by atoms with van der Waals surface area (Å²) in [5, 5.41) is 0.665. The molecule has 0 bridgehead atoms. The number of carbonyl (C=O) groups is 2. The molecule has 0 saturated carbocycles. The average Bonchev–Trinajstić information content (AvgIpc) is 2.91. The molecular weight excluding hydrogens is 334 g/mol. The van der Waals surface area contributed by atoms with E-state index in [4.69, 9.17) is 14.2 Å². The summed E-state index contributed by atoms with van der Waals surface area (Å²) in [5.41, 5.74) is 1.10. The van der Waals surface area contributed by atoms with Gasteiger partial charge in [-0.1, -0.05) is 26.2 Å². The number of fused-ring (bicyclic) bond motifs is 1. The molecule has 0 unspecified atom stereocenters. The SMILES string of the molecule is CCCCCCn1c(C(=O)OCC)c(OC(C)=O)c2cc(OC)ccc21. The number of hydrogen-bond acceptors (Lipinski definition) is 5. The van der Waals surface area contributed by atoms with Crippen LogP contribution in [0.1, 0.15) is 56.9 Å². The van der Waals surface area contributed by atoms with Gasteiger partial charge in [-0.2, -0.15) is 0 Å². The largest absolute Gasteiger partial charge is 0.497 e. The molecular formula is C20H27NO5. The Morgan fingerprint density at radius 3 is 2.50 bits per heavy atom. The zero-order chi connectivity index (χ0) is 19.1. The quantitative estimate of drug-likeness (QED) is 0.491. The number of carbonyl (C=O) groups excluding carboxylic acids is 2. The minimum Gasteiger partial charge on any atom is -0.497 e. The minimum absolute atomic E-state index is 0.236. The van der Waals surface area contributed by atoms with Gasteiger partial charge in [0.05, 0.1) is 19.2 Å². The van der Waals surface area contributed by atoms with Gasteiger partial charge < -0.3 is 18.8 Å². The molecule has 0 aliphatic carbocycles. The summed E-state index contributed by atoms with van der Waals surface area (Å²) < 4.78 is 17.8. The van der Waals surface area contributed by atoms with Crippen molar-refractivity contribution in [2.24, 2.45) is 0 Å². The second-order valence-electron chi connectivity index (χ2n) is 6.09. The first-order valence-electron chi connectivity index (χ1n) is 9.09. The monoisotopic (exact) mass is 361 g/mol. The van der Waals surface area contributed by atoms with Gasteiger partial charge >= 0.3 is 11.9 Å². The van der Waals surface area contributed by atoms with Crippen molar-refractivity contribution in [3.05, 3.63) is 23.9 Å². The van der Waals surface area contributed by atoms with Gasteiger partial charge in [-0.15, -0.1) is 0 Å². The van der Waals surface area contributed by atoms with Crippen LogP contribution in [0.4, 0.5) is 0 Å². The normalized spacial score (nSPS) is 10.8. The Kier molecular flexibility index (Phi) is 7.06. The Bertz CT molecular complexity index is 778. The van der Waals surface area contributed by atoms with E-state index in [1.165, 1.54) is 6.92 Å². The Labute approximate surface area is 154 Å². The third-order valence-corrected chi connectivity index (χ3v) is 4.17. The maximum absolute atomic E-state index is 12.6. The number of rotatable bonds is 9. The van der Waals surface area contributed by atoms with Crippen LogP contribution in [-0.4, -0.2) is 30.2 Å². The van der Waals surface area contributed by atoms with Gasteiger partial charge in [0.1, 0.15) is 5.75 Å². The number of hydrogen-bond donors (Lipinski definition) is 0. The van der Waals surface area contributed by atoms with Crippen molar-refractivity contribution in [3.8, 4) is 11.5 Å². The fourth-order valence-corrected chi connectivity index (χ4v) is 3.01. The molecule has 0 fully saturated rings. The average molecular weight is 361 g/mol. The highest BCUT2D eigenvalue weighted by atomic mass is 16.5. The molecule has 0 atom stereocenters. The lowest BCUT2D eigenvalue weighted by molar-refractivity contribution is -0.131. The van der Waals surface area contributed by atoms with Crippen LogP contribution < -0.4 is 9.47 Å². The smallest absolute Gasteiger partial charge is 0.358 e. The van der Waals surface area contributed by atoms with E-state index in [0.29, 0.717) is 17.7 Å². The molecule has 1 aromatic heterocycles. The predicted octanol–water partition coefficient (Wildman–Crippen LogP) is 4.33. The summed E-state index contributed by atoms with van der Waals surface area (Å²) in [4.78, 5) is 24.3. The fraction of sp³-hybridized carbons (Fsp3) is 0.500. The molecule has 0 aliphatic rings. The van der Waals surface area contributed by atoms with E-state index < -0.39 is 11.9 Å². The molecule has 26 heavy (non-hydrogen) atoms. The molecule has 0 saturated heterocycles. The third kappa shape index (κ3) is 4.36. The van der Waals surface area contributed by atoms with Crippen LogP contribution in [0.2, 0.25) is 0 Å². The molecule has 0 aliphatic heterocycles. The molecule has 142 valence electrons. The topological polar surface area (TPSA) is 66.8 Å². The minimum atomic E-state index is -0.491. The van der Waals surface area contributed by atoms with Gasteiger partial charge in [-0.25, -0.2) is 4.79 Å². The van der Waals surface area contributed by atoms with E-state index in [1.807, 2.05) is 16.7 Å². The number of methoxy groups -OCH3 is 1. The highest BCUT2D eigenvalue weighted by Gasteiger charge is 2.26. The van der Waals surface area contributed by atoms with Gasteiger partial charge in [0.2, 0.25) is 0 Å². The van der Waals surface area contributed by atoms with Gasteiger partial charge in [-0.3, -0.25) is 4.79 Å². The molecule has 0 spiro atoms. The van der Waals surface area contributed by atoms with Crippen LogP contribution in [0.3, 0.4) is 0 Å². The van der Waals surface area contributed by atoms with Crippen molar-refractivity contribution in [1.29, 1.82) is 0 Å². The number of ether oxygens (including phenoxy) is 3. The van der Waals surface area contributed by atoms with Crippen LogP contribution in [0, 0.1) is 0 Å². The Hall–Kier alpha value is -2.50. The highest BCUT2D eigenvalue weighted by Crippen LogP contribution is 2.36. The van der Waals surface area contributed by atoms with Crippen LogP contribution in [-0.2, 0) is 16.1 Å². The molecule has 0 N–H and O–H groups in total. The van der Waals surface area contributed by atoms with Gasteiger partial charge in [0.25, 0.3) is 0 Å². The number of aromatic nitrogens is 1. The second kappa shape index (κ2) is 9.27. The molecule has 0 radical (unpaired) electrons. The fourth-order valence-electron chi connectivity index (χ4n) is 3.01. The van der Waals surface area contributed by atoms with Crippen molar-refractivity contribution in [2.75, 3.05) is 13.7 Å². The first-order valence-corrected chi connectivity index (χ1v) is 9.09. The lowest BCUT2D eigenvalue weighted by Crippen LogP contribution is -2.15. The zero-order valence-corrected chi connectivity index (χ0v) is 16.0. The first-order chi connectivity index (χ1) is 12.5. The lowest BCUT2D eigenvalue weighted by atomic mass is 10.2. The number of aryl methyl sites for hydroxylation is 1. The summed E-state index contributed by atoms with van der Waals surface area (Å²) in [7, 11) is 1.57. The predicted molar refractivity (Wildman–Crippen MR) is 99.9 cm³/mol. The number of unbranched alkanes of at least 4 members (excludes halogenated alkanes) is 3. The van der Waals surface area contributed by atoms with E-state index in [2.05, 4.69) is 6.92 Å². The highest BCUT2D eigenvalue weighted by molar-refractivity contribution is 6.03. The van der Waals surface area contributed by atoms with Crippen molar-refractivity contribution in [2.45, 2.75) is 53.0 Å². The maximum Gasteiger partial charge on any atom is 0.358 e. The van der Waals surface area contributed by atoms with Gasteiger partial charge in [-0.05, 0) is 31.5 Å². The zero-order valence-electron chi connectivity index (χ0n) is 16.0. The summed E-state index contributed by atoms with van der Waals surface area (Å²) in [6, 6.07) is 5.49. The molecule has 1 heterocycles. The van der Waals surface area contributed by atoms with Crippen molar-refractivity contribution in [3.63, 3.8) is 0 Å². The summed E-state index contributed by atoms with van der Waals surface area (Å²) in [5.74, 6) is -0.109. The second-order valence-corrected chi connectivity index (χ2v) is 6.09. The van der Waals surface area contributed by atoms with E-state index in [1.54, 1.807) is 20.1 Å². The maximum atomic E-state index is 12.6. The third-order valence-electron chi connectivity index (χ3n) is 4.17. The van der Waals surface area contributed by atoms with Crippen LogP contribution in [0.25, 0.3) is 10.9 Å². The van der Waals surface area contributed by atoms with Crippen molar-refractivity contribution < 1.29 is 23.8 Å². The number of benzene rings is 1. The van der Waals surface area contributed by atoms with Crippen molar-refractivity contribution in [1.82, 2.24) is 4.57 Å². The van der Waals surface area contributed by atoms with Crippen LogP contribution in [0.15, 0.2) is 18.2 Å². The Morgan fingerprint density at radius 2 is 1.88 bits per heavy atom. The van der Waals surface area contributed by atoms with Gasteiger partial charge in [0.15, 0.2) is 11.4 Å². The van der Waals surface area contributed by atoms with E-state index in [9.17, 15) is 9.59 Å². The standard InChI is InChI=1S/C20H27NO5/c1-5-7-8-9-12-21-17-11-10-15(24-4)13-16(17)19(26-14(3)22)18(21)20(23)25-6-2/h10-11,13H,5-9,12H2,1-4H3. The van der Waals surface area contributed by atoms with Gasteiger partial charge in [0, 0.05) is 18.9 Å². The Balaban J connectivity index is 2.60. The Morgan fingerprint density at radius 1 is 1.12 bits per heavy atom. The first kappa shape index (κ1) is 19.8. The molecule has 1 aromatic carbocycles. The van der Waals surface area contributed by atoms with E-state index in [0.717, 1.165) is 31.2 Å². The van der Waals surface area contributed by atoms with E-state index >= 15 is 0 Å². The molecule has 0 amide bonds. The molecule has 2 rings (SSSR count). The molecule has 2 aromatic rings.